The number of rotatable bonds is 4. The Morgan fingerprint density at radius 2 is 2.19 bits per heavy atom. The van der Waals surface area contributed by atoms with E-state index >= 15 is 0 Å². The Morgan fingerprint density at radius 3 is 2.76 bits per heavy atom. The molecule has 0 spiro atoms. The third kappa shape index (κ3) is 3.70. The van der Waals surface area contributed by atoms with Gasteiger partial charge in [-0.1, -0.05) is 11.6 Å². The highest BCUT2D eigenvalue weighted by atomic mass is 35.5. The lowest BCUT2D eigenvalue weighted by atomic mass is 10.1. The molecule has 21 heavy (non-hydrogen) atoms. The van der Waals surface area contributed by atoms with E-state index in [-0.39, 0.29) is 11.6 Å². The molecule has 1 atom stereocenters. The number of sulfonamides is 1. The van der Waals surface area contributed by atoms with Gasteiger partial charge < -0.3 is 9.84 Å². The van der Waals surface area contributed by atoms with E-state index in [4.69, 9.17) is 21.4 Å². The highest BCUT2D eigenvalue weighted by molar-refractivity contribution is 7.89. The summed E-state index contributed by atoms with van der Waals surface area (Å²) >= 11 is 5.67. The summed E-state index contributed by atoms with van der Waals surface area (Å²) in [5.74, 6) is -2.93. The van der Waals surface area contributed by atoms with Crippen molar-refractivity contribution < 1.29 is 27.4 Å². The molecule has 0 aromatic heterocycles. The van der Waals surface area contributed by atoms with E-state index in [9.17, 15) is 17.6 Å². The van der Waals surface area contributed by atoms with Crippen LogP contribution in [0.4, 0.5) is 4.39 Å². The average molecular weight is 338 g/mol. The maximum atomic E-state index is 14.1. The predicted molar refractivity (Wildman–Crippen MR) is 72.5 cm³/mol. The molecule has 1 saturated heterocycles. The SMILES string of the molecule is O=C(O)c1cc(Cl)cc(S(=O)(=O)NC2CCCOC2)c1F. The molecule has 1 aromatic rings. The standard InChI is InChI=1S/C12H13ClFNO5S/c13-7-4-9(12(16)17)11(14)10(5-7)21(18,19)15-8-2-1-3-20-6-8/h4-5,8,15H,1-3,6H2,(H,16,17). The Hall–Kier alpha value is -1.22. The van der Waals surface area contributed by atoms with Gasteiger partial charge in [0.1, 0.15) is 4.90 Å². The summed E-state index contributed by atoms with van der Waals surface area (Å²) in [6.45, 7) is 0.736. The first-order valence-electron chi connectivity index (χ1n) is 6.13. The zero-order valence-electron chi connectivity index (χ0n) is 10.8. The van der Waals surface area contributed by atoms with Gasteiger partial charge in [-0.25, -0.2) is 22.3 Å². The number of nitrogens with one attached hydrogen (secondary N) is 1. The predicted octanol–water partition coefficient (Wildman–Crippen LogP) is 1.63. The van der Waals surface area contributed by atoms with Gasteiger partial charge in [-0.3, -0.25) is 0 Å². The number of halogens is 2. The fraction of sp³-hybridized carbons (Fsp3) is 0.417. The van der Waals surface area contributed by atoms with Crippen molar-refractivity contribution >= 4 is 27.6 Å². The van der Waals surface area contributed by atoms with E-state index in [1.165, 1.54) is 0 Å². The average Bonchev–Trinajstić information content (AvgIpc) is 2.41. The van der Waals surface area contributed by atoms with E-state index in [0.717, 1.165) is 12.1 Å². The minimum absolute atomic E-state index is 0.172. The topological polar surface area (TPSA) is 92.7 Å². The third-order valence-corrected chi connectivity index (χ3v) is 4.74. The minimum Gasteiger partial charge on any atom is -0.478 e. The van der Waals surface area contributed by atoms with Gasteiger partial charge in [0.15, 0.2) is 5.82 Å². The highest BCUT2D eigenvalue weighted by Crippen LogP contribution is 2.24. The molecule has 0 bridgehead atoms. The zero-order valence-corrected chi connectivity index (χ0v) is 12.4. The van der Waals surface area contributed by atoms with Crippen molar-refractivity contribution in [2.24, 2.45) is 0 Å². The van der Waals surface area contributed by atoms with E-state index in [2.05, 4.69) is 4.72 Å². The molecule has 1 unspecified atom stereocenters. The number of ether oxygens (including phenoxy) is 1. The van der Waals surface area contributed by atoms with Gasteiger partial charge in [0.05, 0.1) is 12.2 Å². The van der Waals surface area contributed by atoms with Crippen LogP contribution in [0.1, 0.15) is 23.2 Å². The summed E-state index contributed by atoms with van der Waals surface area (Å²) in [7, 11) is -4.22. The summed E-state index contributed by atoms with van der Waals surface area (Å²) in [5, 5.41) is 8.70. The summed E-state index contributed by atoms with van der Waals surface area (Å²) in [5.41, 5.74) is -0.789. The Morgan fingerprint density at radius 1 is 1.48 bits per heavy atom. The highest BCUT2D eigenvalue weighted by Gasteiger charge is 2.28. The molecule has 116 valence electrons. The lowest BCUT2D eigenvalue weighted by Crippen LogP contribution is -2.40. The van der Waals surface area contributed by atoms with Crippen molar-refractivity contribution in [3.63, 3.8) is 0 Å². The first-order chi connectivity index (χ1) is 9.81. The zero-order chi connectivity index (χ0) is 15.6. The molecular weight excluding hydrogens is 325 g/mol. The normalized spacial score (nSPS) is 19.4. The monoisotopic (exact) mass is 337 g/mol. The van der Waals surface area contributed by atoms with Gasteiger partial charge in [-0.2, -0.15) is 0 Å². The number of hydrogen-bond donors (Lipinski definition) is 2. The maximum Gasteiger partial charge on any atom is 0.338 e. The second-order valence-corrected chi connectivity index (χ2v) is 6.72. The van der Waals surface area contributed by atoms with Gasteiger partial charge in [0, 0.05) is 17.7 Å². The third-order valence-electron chi connectivity index (χ3n) is 3.01. The summed E-state index contributed by atoms with van der Waals surface area (Å²) < 4.78 is 45.9. The van der Waals surface area contributed by atoms with Gasteiger partial charge in [-0.05, 0) is 25.0 Å². The quantitative estimate of drug-likeness (QED) is 0.871. The van der Waals surface area contributed by atoms with Gasteiger partial charge in [-0.15, -0.1) is 0 Å². The number of aromatic carboxylic acids is 1. The lowest BCUT2D eigenvalue weighted by Gasteiger charge is -2.23. The van der Waals surface area contributed by atoms with Crippen LogP contribution in [0.5, 0.6) is 0 Å². The molecule has 1 aromatic carbocycles. The van der Waals surface area contributed by atoms with Crippen LogP contribution < -0.4 is 4.72 Å². The molecule has 0 aliphatic carbocycles. The van der Waals surface area contributed by atoms with Crippen LogP contribution in [-0.4, -0.2) is 38.7 Å². The van der Waals surface area contributed by atoms with Gasteiger partial charge in [0.25, 0.3) is 0 Å². The fourth-order valence-corrected chi connectivity index (χ4v) is 3.69. The van der Waals surface area contributed by atoms with Crippen molar-refractivity contribution in [1.82, 2.24) is 4.72 Å². The molecule has 1 aliphatic rings. The van der Waals surface area contributed by atoms with Crippen molar-refractivity contribution in [1.29, 1.82) is 0 Å². The Kier molecular flexibility index (Phi) is 4.82. The molecule has 1 heterocycles. The molecule has 0 saturated carbocycles. The van der Waals surface area contributed by atoms with E-state index in [1.807, 2.05) is 0 Å². The van der Waals surface area contributed by atoms with Crippen LogP contribution in [0.15, 0.2) is 17.0 Å². The van der Waals surface area contributed by atoms with E-state index < -0.39 is 38.3 Å². The van der Waals surface area contributed by atoms with E-state index in [0.29, 0.717) is 19.4 Å². The van der Waals surface area contributed by atoms with Crippen molar-refractivity contribution in [2.45, 2.75) is 23.8 Å². The number of carboxylic acid groups (broad SMARTS) is 1. The summed E-state index contributed by atoms with van der Waals surface area (Å²) in [4.78, 5) is 10.1. The van der Waals surface area contributed by atoms with Crippen LogP contribution in [0, 0.1) is 5.82 Å². The van der Waals surface area contributed by atoms with Crippen LogP contribution in [0.3, 0.4) is 0 Å². The Labute approximate surface area is 125 Å². The fourth-order valence-electron chi connectivity index (χ4n) is 2.03. The molecule has 1 aliphatic heterocycles. The van der Waals surface area contributed by atoms with Crippen LogP contribution in [0.25, 0.3) is 0 Å². The van der Waals surface area contributed by atoms with Crippen molar-refractivity contribution in [2.75, 3.05) is 13.2 Å². The van der Waals surface area contributed by atoms with Gasteiger partial charge in [0.2, 0.25) is 10.0 Å². The lowest BCUT2D eigenvalue weighted by molar-refractivity contribution is 0.0691. The molecule has 1 fully saturated rings. The Balaban J connectivity index is 2.37. The smallest absolute Gasteiger partial charge is 0.338 e. The first-order valence-corrected chi connectivity index (χ1v) is 8.00. The number of hydrogen-bond acceptors (Lipinski definition) is 4. The second kappa shape index (κ2) is 6.27. The molecule has 2 rings (SSSR count). The van der Waals surface area contributed by atoms with Crippen LogP contribution >= 0.6 is 11.6 Å². The van der Waals surface area contributed by atoms with Crippen molar-refractivity contribution in [3.05, 3.63) is 28.5 Å². The Bertz CT molecular complexity index is 658. The second-order valence-electron chi connectivity index (χ2n) is 4.61. The number of benzene rings is 1. The number of carboxylic acids is 1. The molecule has 0 amide bonds. The van der Waals surface area contributed by atoms with Crippen molar-refractivity contribution in [3.8, 4) is 0 Å². The largest absolute Gasteiger partial charge is 0.478 e. The van der Waals surface area contributed by atoms with Gasteiger partial charge >= 0.3 is 5.97 Å². The maximum absolute atomic E-state index is 14.1. The molecule has 0 radical (unpaired) electrons. The molecule has 9 heteroatoms. The molecule has 2 N–H and O–H groups in total. The van der Waals surface area contributed by atoms with Crippen LogP contribution in [0.2, 0.25) is 5.02 Å². The van der Waals surface area contributed by atoms with Crippen LogP contribution in [-0.2, 0) is 14.8 Å². The molecule has 6 nitrogen and oxygen atoms in total. The molecular formula is C12H13ClFNO5S. The summed E-state index contributed by atoms with van der Waals surface area (Å²) in [6.07, 6.45) is 1.25. The summed E-state index contributed by atoms with van der Waals surface area (Å²) in [6, 6.07) is 1.27. The van der Waals surface area contributed by atoms with E-state index in [1.54, 1.807) is 0 Å². The number of carbonyl (C=O) groups is 1. The minimum atomic E-state index is -4.22. The first kappa shape index (κ1) is 16.2.